The van der Waals surface area contributed by atoms with Crippen LogP contribution < -0.4 is 4.74 Å². The molecule has 9 heteroatoms. The maximum atomic E-state index is 13.1. The Morgan fingerprint density at radius 2 is 1.76 bits per heavy atom. The number of hydrogen-bond acceptors (Lipinski definition) is 4. The lowest BCUT2D eigenvalue weighted by Crippen LogP contribution is -2.49. The summed E-state index contributed by atoms with van der Waals surface area (Å²) in [7, 11) is 1.65. The Hall–Kier alpha value is -3.33. The SMILES string of the molecule is COc1ccc(CCN2CCN(C(=O)c3cnn(-c4cccc(C(F)(F)F)c4)c3C)CC2)cc1. The summed E-state index contributed by atoms with van der Waals surface area (Å²) in [4.78, 5) is 17.2. The third-order valence-electron chi connectivity index (χ3n) is 6.19. The smallest absolute Gasteiger partial charge is 0.416 e. The molecule has 1 aromatic heterocycles. The zero-order valence-corrected chi connectivity index (χ0v) is 19.2. The molecule has 1 aliphatic heterocycles. The minimum atomic E-state index is -4.44. The zero-order chi connectivity index (χ0) is 24.3. The molecule has 1 saturated heterocycles. The van der Waals surface area contributed by atoms with Crippen molar-refractivity contribution in [3.8, 4) is 11.4 Å². The molecule has 4 rings (SSSR count). The van der Waals surface area contributed by atoms with Crippen LogP contribution in [0.2, 0.25) is 0 Å². The molecule has 0 bridgehead atoms. The average molecular weight is 473 g/mol. The first-order valence-electron chi connectivity index (χ1n) is 11.1. The van der Waals surface area contributed by atoms with E-state index in [0.717, 1.165) is 43.9 Å². The van der Waals surface area contributed by atoms with E-state index in [0.29, 0.717) is 24.3 Å². The largest absolute Gasteiger partial charge is 0.497 e. The number of piperazine rings is 1. The van der Waals surface area contributed by atoms with Gasteiger partial charge in [-0.15, -0.1) is 0 Å². The number of benzene rings is 2. The van der Waals surface area contributed by atoms with Gasteiger partial charge in [0, 0.05) is 32.7 Å². The topological polar surface area (TPSA) is 50.6 Å². The van der Waals surface area contributed by atoms with E-state index in [-0.39, 0.29) is 11.6 Å². The first-order chi connectivity index (χ1) is 16.3. The average Bonchev–Trinajstić information content (AvgIpc) is 3.23. The Balaban J connectivity index is 1.36. The maximum Gasteiger partial charge on any atom is 0.416 e. The summed E-state index contributed by atoms with van der Waals surface area (Å²) in [5.74, 6) is 0.688. The third-order valence-corrected chi connectivity index (χ3v) is 6.19. The number of rotatable bonds is 6. The summed E-state index contributed by atoms with van der Waals surface area (Å²) < 4.78 is 45.8. The van der Waals surface area contributed by atoms with Gasteiger partial charge in [0.25, 0.3) is 5.91 Å². The van der Waals surface area contributed by atoms with Crippen molar-refractivity contribution >= 4 is 5.91 Å². The summed E-state index contributed by atoms with van der Waals surface area (Å²) in [6, 6.07) is 13.0. The number of aromatic nitrogens is 2. The maximum absolute atomic E-state index is 13.1. The molecule has 1 aliphatic rings. The fourth-order valence-corrected chi connectivity index (χ4v) is 4.12. The molecule has 3 aromatic rings. The van der Waals surface area contributed by atoms with Crippen LogP contribution in [-0.2, 0) is 12.6 Å². The summed E-state index contributed by atoms with van der Waals surface area (Å²) in [5, 5.41) is 4.20. The van der Waals surface area contributed by atoms with Crippen molar-refractivity contribution in [2.24, 2.45) is 0 Å². The number of ether oxygens (including phenoxy) is 1. The van der Waals surface area contributed by atoms with Crippen LogP contribution in [0.25, 0.3) is 5.69 Å². The summed E-state index contributed by atoms with van der Waals surface area (Å²) >= 11 is 0. The van der Waals surface area contributed by atoms with E-state index in [1.807, 2.05) is 12.1 Å². The van der Waals surface area contributed by atoms with Gasteiger partial charge in [0.05, 0.1) is 35.8 Å². The van der Waals surface area contributed by atoms with Gasteiger partial charge in [-0.3, -0.25) is 9.69 Å². The number of carbonyl (C=O) groups is 1. The number of alkyl halides is 3. The number of hydrogen-bond donors (Lipinski definition) is 0. The van der Waals surface area contributed by atoms with Crippen LogP contribution in [0.3, 0.4) is 0 Å². The van der Waals surface area contributed by atoms with E-state index in [2.05, 4.69) is 22.1 Å². The molecular weight excluding hydrogens is 445 g/mol. The van der Waals surface area contributed by atoms with Crippen LogP contribution in [0, 0.1) is 6.92 Å². The van der Waals surface area contributed by atoms with E-state index >= 15 is 0 Å². The molecule has 0 spiro atoms. The normalized spacial score (nSPS) is 14.9. The van der Waals surface area contributed by atoms with E-state index < -0.39 is 11.7 Å². The molecule has 1 amide bonds. The van der Waals surface area contributed by atoms with Crippen LogP contribution in [0.15, 0.2) is 54.7 Å². The monoisotopic (exact) mass is 472 g/mol. The molecule has 2 heterocycles. The lowest BCUT2D eigenvalue weighted by atomic mass is 10.1. The van der Waals surface area contributed by atoms with E-state index in [1.54, 1.807) is 25.0 Å². The minimum absolute atomic E-state index is 0.148. The molecule has 6 nitrogen and oxygen atoms in total. The van der Waals surface area contributed by atoms with Crippen molar-refractivity contribution in [1.29, 1.82) is 0 Å². The lowest BCUT2D eigenvalue weighted by Gasteiger charge is -2.34. The first-order valence-corrected chi connectivity index (χ1v) is 11.1. The molecule has 180 valence electrons. The van der Waals surface area contributed by atoms with Gasteiger partial charge in [0.1, 0.15) is 5.75 Å². The summed E-state index contributed by atoms with van der Waals surface area (Å²) in [6.07, 6.45) is -2.09. The van der Waals surface area contributed by atoms with Crippen molar-refractivity contribution in [2.45, 2.75) is 19.5 Å². The quantitative estimate of drug-likeness (QED) is 0.540. The number of nitrogens with zero attached hydrogens (tertiary/aromatic N) is 4. The Kier molecular flexibility index (Phi) is 6.92. The molecule has 2 aromatic carbocycles. The highest BCUT2D eigenvalue weighted by Gasteiger charge is 2.31. The van der Waals surface area contributed by atoms with Crippen LogP contribution >= 0.6 is 0 Å². The molecule has 0 radical (unpaired) electrons. The molecule has 0 saturated carbocycles. The van der Waals surface area contributed by atoms with Gasteiger partial charge < -0.3 is 9.64 Å². The van der Waals surface area contributed by atoms with Gasteiger partial charge in [-0.05, 0) is 49.2 Å². The summed E-state index contributed by atoms with van der Waals surface area (Å²) in [5.41, 5.74) is 1.68. The highest BCUT2D eigenvalue weighted by atomic mass is 19.4. The Labute approximate surface area is 196 Å². The first kappa shape index (κ1) is 23.8. The van der Waals surface area contributed by atoms with Gasteiger partial charge in [-0.2, -0.15) is 18.3 Å². The Bertz CT molecular complexity index is 1130. The predicted molar refractivity (Wildman–Crippen MR) is 122 cm³/mol. The number of methoxy groups -OCH3 is 1. The molecule has 1 fully saturated rings. The van der Waals surface area contributed by atoms with E-state index in [9.17, 15) is 18.0 Å². The third kappa shape index (κ3) is 5.25. The van der Waals surface area contributed by atoms with Gasteiger partial charge in [-0.1, -0.05) is 18.2 Å². The van der Waals surface area contributed by atoms with Crippen LogP contribution in [0.4, 0.5) is 13.2 Å². The second-order valence-corrected chi connectivity index (χ2v) is 8.34. The van der Waals surface area contributed by atoms with Crippen LogP contribution in [0.1, 0.15) is 27.2 Å². The van der Waals surface area contributed by atoms with Gasteiger partial charge in [0.15, 0.2) is 0 Å². The number of halogens is 3. The lowest BCUT2D eigenvalue weighted by molar-refractivity contribution is -0.137. The number of amides is 1. The molecule has 0 atom stereocenters. The molecule has 0 unspecified atom stereocenters. The molecular formula is C25H27F3N4O2. The van der Waals surface area contributed by atoms with Crippen LogP contribution in [-0.4, -0.2) is 65.3 Å². The molecule has 0 aliphatic carbocycles. The van der Waals surface area contributed by atoms with Crippen molar-refractivity contribution in [3.05, 3.63) is 77.1 Å². The fraction of sp³-hybridized carbons (Fsp3) is 0.360. The second kappa shape index (κ2) is 9.89. The zero-order valence-electron chi connectivity index (χ0n) is 19.2. The van der Waals surface area contributed by atoms with Gasteiger partial charge >= 0.3 is 6.18 Å². The molecule has 0 N–H and O–H groups in total. The standard InChI is InChI=1S/C25H27F3N4O2/c1-18-23(17-29-32(18)21-5-3-4-20(16-21)25(26,27)28)24(33)31-14-12-30(13-15-31)11-10-19-6-8-22(34-2)9-7-19/h3-9,16-17H,10-15H2,1-2H3. The van der Waals surface area contributed by atoms with Crippen molar-refractivity contribution < 1.29 is 22.7 Å². The van der Waals surface area contributed by atoms with Crippen molar-refractivity contribution in [1.82, 2.24) is 19.6 Å². The fourth-order valence-electron chi connectivity index (χ4n) is 4.12. The number of carbonyl (C=O) groups excluding carboxylic acids is 1. The van der Waals surface area contributed by atoms with Crippen molar-refractivity contribution in [2.75, 3.05) is 39.8 Å². The summed E-state index contributed by atoms with van der Waals surface area (Å²) in [6.45, 7) is 5.32. The predicted octanol–water partition coefficient (Wildman–Crippen LogP) is 4.21. The molecule has 34 heavy (non-hydrogen) atoms. The van der Waals surface area contributed by atoms with Gasteiger partial charge in [-0.25, -0.2) is 4.68 Å². The van der Waals surface area contributed by atoms with Crippen LogP contribution in [0.5, 0.6) is 5.75 Å². The highest BCUT2D eigenvalue weighted by molar-refractivity contribution is 5.95. The van der Waals surface area contributed by atoms with Gasteiger partial charge in [0.2, 0.25) is 0 Å². The van der Waals surface area contributed by atoms with E-state index in [1.165, 1.54) is 22.5 Å². The minimum Gasteiger partial charge on any atom is -0.497 e. The highest BCUT2D eigenvalue weighted by Crippen LogP contribution is 2.30. The van der Waals surface area contributed by atoms with E-state index in [4.69, 9.17) is 4.74 Å². The van der Waals surface area contributed by atoms with Crippen molar-refractivity contribution in [3.63, 3.8) is 0 Å². The Morgan fingerprint density at radius 1 is 1.06 bits per heavy atom. The Morgan fingerprint density at radius 3 is 2.41 bits per heavy atom. The second-order valence-electron chi connectivity index (χ2n) is 8.34.